The Morgan fingerprint density at radius 3 is 1.46 bits per heavy atom. The molecule has 0 saturated heterocycles. The lowest BCUT2D eigenvalue weighted by Gasteiger charge is -2.35. The fourth-order valence-corrected chi connectivity index (χ4v) is 6.13. The molecule has 0 bridgehead atoms. The third kappa shape index (κ3) is 6.92. The van der Waals surface area contributed by atoms with Crippen LogP contribution in [0.1, 0.15) is 100 Å². The average molecular weight is 544 g/mol. The van der Waals surface area contributed by atoms with Crippen LogP contribution < -0.4 is 0 Å². The van der Waals surface area contributed by atoms with Crippen LogP contribution in [0.25, 0.3) is 0 Å². The van der Waals surface area contributed by atoms with E-state index in [0.717, 1.165) is 47.9 Å². The highest BCUT2D eigenvalue weighted by molar-refractivity contribution is 6.10. The second-order valence-electron chi connectivity index (χ2n) is 11.3. The van der Waals surface area contributed by atoms with Crippen molar-refractivity contribution in [1.29, 1.82) is 0 Å². The maximum atomic E-state index is 13.7. The zero-order chi connectivity index (χ0) is 28.6. The maximum absolute atomic E-state index is 13.7. The van der Waals surface area contributed by atoms with Crippen LogP contribution in [0.15, 0.2) is 97.1 Å². The molecule has 1 saturated carbocycles. The highest BCUT2D eigenvalue weighted by atomic mass is 16.1. The van der Waals surface area contributed by atoms with Gasteiger partial charge in [-0.2, -0.15) is 0 Å². The summed E-state index contributed by atoms with van der Waals surface area (Å²) in [7, 11) is 0. The molecule has 210 valence electrons. The summed E-state index contributed by atoms with van der Waals surface area (Å²) in [5.74, 6) is 0.138. The Morgan fingerprint density at radius 1 is 0.610 bits per heavy atom. The minimum atomic E-state index is 0.0692. The van der Waals surface area contributed by atoms with E-state index in [-0.39, 0.29) is 11.6 Å². The molecule has 4 aromatic rings. The van der Waals surface area contributed by atoms with Gasteiger partial charge in [-0.3, -0.25) is 14.5 Å². The molecular formula is C38H41NO2. The number of aryl methyl sites for hydroxylation is 2. The van der Waals surface area contributed by atoms with Crippen molar-refractivity contribution in [3.05, 3.63) is 142 Å². The zero-order valence-electron chi connectivity index (χ0n) is 24.4. The first-order chi connectivity index (χ1) is 20.1. The predicted octanol–water partition coefficient (Wildman–Crippen LogP) is 8.61. The molecule has 3 heteroatoms. The third-order valence-corrected chi connectivity index (χ3v) is 8.55. The van der Waals surface area contributed by atoms with Crippen molar-refractivity contribution >= 4 is 11.6 Å². The summed E-state index contributed by atoms with van der Waals surface area (Å²) in [6.45, 7) is 5.69. The maximum Gasteiger partial charge on any atom is 0.193 e. The standard InChI is InChI=1S/C38H41NO2/c1-3-28-20-22-35(37(40)30-14-8-5-9-15-30)32(24-28)26-39(34-18-12-7-13-19-34)27-33-25-29(4-2)21-23-36(33)38(41)31-16-10-6-11-17-31/h5-6,8-11,14-17,20-25,34H,3-4,7,12-13,18-19,26-27H2,1-2H3. The molecule has 0 heterocycles. The van der Waals surface area contributed by atoms with Crippen LogP contribution in [0, 0.1) is 0 Å². The van der Waals surface area contributed by atoms with Crippen molar-refractivity contribution in [3.63, 3.8) is 0 Å². The van der Waals surface area contributed by atoms with Crippen LogP contribution in [0.2, 0.25) is 0 Å². The summed E-state index contributed by atoms with van der Waals surface area (Å²) in [5.41, 5.74) is 7.61. The molecule has 0 spiro atoms. The molecule has 0 amide bonds. The molecule has 41 heavy (non-hydrogen) atoms. The van der Waals surface area contributed by atoms with Crippen molar-refractivity contribution in [2.45, 2.75) is 77.9 Å². The van der Waals surface area contributed by atoms with Crippen molar-refractivity contribution in [1.82, 2.24) is 4.90 Å². The van der Waals surface area contributed by atoms with E-state index in [9.17, 15) is 9.59 Å². The lowest BCUT2D eigenvalue weighted by Crippen LogP contribution is -2.36. The lowest BCUT2D eigenvalue weighted by atomic mass is 9.90. The highest BCUT2D eigenvalue weighted by Gasteiger charge is 2.26. The number of carbonyl (C=O) groups is 2. The smallest absolute Gasteiger partial charge is 0.193 e. The molecule has 5 rings (SSSR count). The fourth-order valence-electron chi connectivity index (χ4n) is 6.13. The number of ketones is 2. The first kappa shape index (κ1) is 28.7. The molecule has 3 nitrogen and oxygen atoms in total. The van der Waals surface area contributed by atoms with Gasteiger partial charge in [0, 0.05) is 41.4 Å². The van der Waals surface area contributed by atoms with Gasteiger partial charge in [0.1, 0.15) is 0 Å². The summed E-state index contributed by atoms with van der Waals surface area (Å²) >= 11 is 0. The molecule has 1 aliphatic carbocycles. The van der Waals surface area contributed by atoms with Gasteiger partial charge in [-0.25, -0.2) is 0 Å². The molecule has 0 unspecified atom stereocenters. The van der Waals surface area contributed by atoms with E-state index < -0.39 is 0 Å². The zero-order valence-corrected chi connectivity index (χ0v) is 24.4. The Morgan fingerprint density at radius 2 is 1.05 bits per heavy atom. The van der Waals surface area contributed by atoms with E-state index in [1.54, 1.807) is 0 Å². The topological polar surface area (TPSA) is 37.4 Å². The van der Waals surface area contributed by atoms with Crippen LogP contribution in [-0.4, -0.2) is 22.5 Å². The first-order valence-corrected chi connectivity index (χ1v) is 15.2. The lowest BCUT2D eigenvalue weighted by molar-refractivity contribution is 0.103. The Kier molecular flexibility index (Phi) is 9.59. The van der Waals surface area contributed by atoms with Crippen LogP contribution >= 0.6 is 0 Å². The minimum Gasteiger partial charge on any atom is -0.292 e. The van der Waals surface area contributed by atoms with Crippen molar-refractivity contribution in [2.75, 3.05) is 0 Å². The Bertz CT molecular complexity index is 1360. The van der Waals surface area contributed by atoms with Gasteiger partial charge >= 0.3 is 0 Å². The third-order valence-electron chi connectivity index (χ3n) is 8.55. The highest BCUT2D eigenvalue weighted by Crippen LogP contribution is 2.29. The molecular weight excluding hydrogens is 502 g/mol. The normalized spacial score (nSPS) is 13.8. The van der Waals surface area contributed by atoms with E-state index in [1.165, 1.54) is 30.4 Å². The van der Waals surface area contributed by atoms with E-state index in [4.69, 9.17) is 0 Å². The summed E-state index contributed by atoms with van der Waals surface area (Å²) in [6.07, 6.45) is 7.84. The van der Waals surface area contributed by atoms with Gasteiger partial charge in [-0.05, 0) is 47.9 Å². The quantitative estimate of drug-likeness (QED) is 0.178. The van der Waals surface area contributed by atoms with Crippen LogP contribution in [-0.2, 0) is 25.9 Å². The second-order valence-corrected chi connectivity index (χ2v) is 11.3. The first-order valence-electron chi connectivity index (χ1n) is 15.2. The molecule has 4 aromatic carbocycles. The van der Waals surface area contributed by atoms with Crippen molar-refractivity contribution < 1.29 is 9.59 Å². The number of benzene rings is 4. The number of carbonyl (C=O) groups excluding carboxylic acids is 2. The number of nitrogens with zero attached hydrogens (tertiary/aromatic N) is 1. The van der Waals surface area contributed by atoms with Crippen LogP contribution in [0.3, 0.4) is 0 Å². The summed E-state index contributed by atoms with van der Waals surface area (Å²) < 4.78 is 0. The van der Waals surface area contributed by atoms with E-state index >= 15 is 0 Å². The fraction of sp³-hybridized carbons (Fsp3) is 0.316. The van der Waals surface area contributed by atoms with Crippen LogP contribution in [0.4, 0.5) is 0 Å². The number of hydrogen-bond acceptors (Lipinski definition) is 3. The molecule has 0 aromatic heterocycles. The molecule has 0 atom stereocenters. The SMILES string of the molecule is CCc1ccc(C(=O)c2ccccc2)c(CN(Cc2cc(CC)ccc2C(=O)c2ccccc2)C2CCCCC2)c1. The van der Waals surface area contributed by atoms with Gasteiger partial charge in [0.05, 0.1) is 0 Å². The second kappa shape index (κ2) is 13.7. The molecule has 0 radical (unpaired) electrons. The summed E-state index contributed by atoms with van der Waals surface area (Å²) in [5, 5.41) is 0. The largest absolute Gasteiger partial charge is 0.292 e. The van der Waals surface area contributed by atoms with Crippen molar-refractivity contribution in [3.8, 4) is 0 Å². The van der Waals surface area contributed by atoms with E-state index in [1.807, 2.05) is 72.8 Å². The Balaban J connectivity index is 1.54. The Labute approximate surface area is 245 Å². The van der Waals surface area contributed by atoms with Crippen LogP contribution in [0.5, 0.6) is 0 Å². The van der Waals surface area contributed by atoms with E-state index in [0.29, 0.717) is 30.3 Å². The minimum absolute atomic E-state index is 0.0692. The van der Waals surface area contributed by atoms with Gasteiger partial charge in [-0.15, -0.1) is 0 Å². The molecule has 1 fully saturated rings. The molecule has 1 aliphatic rings. The van der Waals surface area contributed by atoms with Gasteiger partial charge in [0.2, 0.25) is 0 Å². The molecule has 0 aliphatic heterocycles. The number of hydrogen-bond donors (Lipinski definition) is 0. The average Bonchev–Trinajstić information content (AvgIpc) is 3.05. The Hall–Kier alpha value is -3.82. The van der Waals surface area contributed by atoms with Crippen molar-refractivity contribution in [2.24, 2.45) is 0 Å². The van der Waals surface area contributed by atoms with E-state index in [2.05, 4.69) is 43.0 Å². The summed E-state index contributed by atoms with van der Waals surface area (Å²) in [6, 6.07) is 32.3. The summed E-state index contributed by atoms with van der Waals surface area (Å²) in [4.78, 5) is 30.0. The van der Waals surface area contributed by atoms with Gasteiger partial charge in [0.25, 0.3) is 0 Å². The van der Waals surface area contributed by atoms with Gasteiger partial charge in [-0.1, -0.05) is 130 Å². The predicted molar refractivity (Wildman–Crippen MR) is 168 cm³/mol. The molecule has 0 N–H and O–H groups in total. The van der Waals surface area contributed by atoms with Gasteiger partial charge < -0.3 is 0 Å². The number of rotatable bonds is 11. The van der Waals surface area contributed by atoms with Gasteiger partial charge in [0.15, 0.2) is 11.6 Å². The monoisotopic (exact) mass is 543 g/mol.